The Kier molecular flexibility index (Phi) is 4.47. The van der Waals surface area contributed by atoms with Gasteiger partial charge >= 0.3 is 0 Å². The second-order valence-electron chi connectivity index (χ2n) is 8.93. The summed E-state index contributed by atoms with van der Waals surface area (Å²) in [6.45, 7) is 3.70. The van der Waals surface area contributed by atoms with Crippen LogP contribution in [0.5, 0.6) is 11.6 Å². The Bertz CT molecular complexity index is 1320. The van der Waals surface area contributed by atoms with E-state index in [4.69, 9.17) is 10.00 Å². The lowest BCUT2D eigenvalue weighted by Gasteiger charge is -2.66. The van der Waals surface area contributed by atoms with Crippen LogP contribution in [0.2, 0.25) is 0 Å². The maximum Gasteiger partial charge on any atom is 0.275 e. The van der Waals surface area contributed by atoms with E-state index in [2.05, 4.69) is 26.7 Å². The van der Waals surface area contributed by atoms with Crippen molar-refractivity contribution >= 4 is 23.6 Å². The number of hydrogen-bond acceptors (Lipinski definition) is 7. The highest BCUT2D eigenvalue weighted by molar-refractivity contribution is 6.08. The van der Waals surface area contributed by atoms with E-state index >= 15 is 0 Å². The van der Waals surface area contributed by atoms with E-state index in [1.54, 1.807) is 6.08 Å². The number of hydrogen-bond donors (Lipinski definition) is 2. The summed E-state index contributed by atoms with van der Waals surface area (Å²) in [6, 6.07) is 8.02. The Morgan fingerprint density at radius 2 is 1.91 bits per heavy atom. The fraction of sp³-hybridized carbons (Fsp3) is 0.292. The van der Waals surface area contributed by atoms with E-state index in [-0.39, 0.29) is 39.7 Å². The average Bonchev–Trinajstić information content (AvgIpc) is 3.06. The molecule has 4 aliphatic rings. The smallest absolute Gasteiger partial charge is 0.275 e. The van der Waals surface area contributed by atoms with Crippen LogP contribution in [0.25, 0.3) is 11.8 Å². The minimum absolute atomic E-state index is 0.0249. The second kappa shape index (κ2) is 7.14. The number of carbonyl (C=O) groups is 1. The molecule has 0 saturated heterocycles. The summed E-state index contributed by atoms with van der Waals surface area (Å²) in [4.78, 5) is 21.3. The van der Waals surface area contributed by atoms with E-state index in [1.807, 2.05) is 32.0 Å². The number of aryl methyl sites for hydroxylation is 2. The van der Waals surface area contributed by atoms with E-state index in [0.717, 1.165) is 16.7 Å². The van der Waals surface area contributed by atoms with E-state index in [9.17, 15) is 14.4 Å². The van der Waals surface area contributed by atoms with Gasteiger partial charge in [-0.3, -0.25) is 4.79 Å². The van der Waals surface area contributed by atoms with Crippen molar-refractivity contribution in [1.29, 1.82) is 10.5 Å². The molecule has 2 bridgehead atoms. The fourth-order valence-corrected chi connectivity index (χ4v) is 5.05. The van der Waals surface area contributed by atoms with Crippen molar-refractivity contribution < 1.29 is 13.9 Å². The lowest BCUT2D eigenvalue weighted by atomic mass is 9.40. The monoisotopic (exact) mass is 442 g/mol. The van der Waals surface area contributed by atoms with Gasteiger partial charge in [-0.25, -0.2) is 9.37 Å². The number of aromatic nitrogens is 2. The summed E-state index contributed by atoms with van der Waals surface area (Å²) in [5, 5.41) is 23.8. The molecule has 8 nitrogen and oxygen atoms in total. The number of anilines is 1. The van der Waals surface area contributed by atoms with Gasteiger partial charge in [-0.05, 0) is 68.0 Å². The standard InChI is InChI=1S/C24H19FN6O2/c1-13-6-15(4-3-5-26)7-14(2)19(13)33-21-17-16(8-25)28-20(32)18(17)29-22(30-21)31-24-9-23(10-24,11-24)12-27/h3-4,6-8H,9-11H2,1-2H3,(H,28,32)(H,29,30,31)/b4-3+,16-8-. The fourth-order valence-electron chi connectivity index (χ4n) is 5.05. The summed E-state index contributed by atoms with van der Waals surface area (Å²) < 4.78 is 19.7. The van der Waals surface area contributed by atoms with Crippen molar-refractivity contribution in [2.75, 3.05) is 5.32 Å². The van der Waals surface area contributed by atoms with Gasteiger partial charge in [0.05, 0.1) is 28.8 Å². The highest BCUT2D eigenvalue weighted by atomic mass is 19.1. The molecule has 9 heteroatoms. The van der Waals surface area contributed by atoms with Gasteiger partial charge in [0, 0.05) is 11.6 Å². The summed E-state index contributed by atoms with van der Waals surface area (Å²) in [5.74, 6) is 0.232. The number of allylic oxidation sites excluding steroid dienone is 1. The van der Waals surface area contributed by atoms with Gasteiger partial charge in [-0.2, -0.15) is 15.5 Å². The van der Waals surface area contributed by atoms with Crippen LogP contribution in [0.1, 0.15) is 52.0 Å². The zero-order valence-corrected chi connectivity index (χ0v) is 18.0. The van der Waals surface area contributed by atoms with Crippen molar-refractivity contribution in [1.82, 2.24) is 15.3 Å². The Labute approximate surface area is 189 Å². The molecule has 6 rings (SSSR count). The van der Waals surface area contributed by atoms with Crippen LogP contribution < -0.4 is 15.4 Å². The van der Waals surface area contributed by atoms with Crippen LogP contribution in [0, 0.1) is 41.9 Å². The van der Waals surface area contributed by atoms with Crippen molar-refractivity contribution in [3.63, 3.8) is 0 Å². The molecular weight excluding hydrogens is 423 g/mol. The van der Waals surface area contributed by atoms with Crippen molar-refractivity contribution in [3.05, 3.63) is 52.5 Å². The van der Waals surface area contributed by atoms with Crippen LogP contribution in [0.15, 0.2) is 24.5 Å². The topological polar surface area (TPSA) is 124 Å². The van der Waals surface area contributed by atoms with Gasteiger partial charge in [-0.1, -0.05) is 0 Å². The summed E-state index contributed by atoms with van der Waals surface area (Å²) in [5.41, 5.74) is 2.01. The van der Waals surface area contributed by atoms with Crippen LogP contribution in [-0.2, 0) is 0 Å². The highest BCUT2D eigenvalue weighted by Crippen LogP contribution is 2.67. The number of carbonyl (C=O) groups excluding carboxylic acids is 1. The zero-order chi connectivity index (χ0) is 23.4. The third-order valence-electron chi connectivity index (χ3n) is 6.39. The van der Waals surface area contributed by atoms with Crippen LogP contribution >= 0.6 is 0 Å². The molecule has 3 saturated carbocycles. The Morgan fingerprint density at radius 3 is 2.52 bits per heavy atom. The number of halogens is 1. The molecule has 1 aromatic carbocycles. The third-order valence-corrected chi connectivity index (χ3v) is 6.39. The molecule has 3 fully saturated rings. The molecule has 2 heterocycles. The van der Waals surface area contributed by atoms with Gasteiger partial charge in [0.2, 0.25) is 11.8 Å². The van der Waals surface area contributed by atoms with Gasteiger partial charge in [-0.15, -0.1) is 0 Å². The van der Waals surface area contributed by atoms with Gasteiger partial charge in [0.15, 0.2) is 0 Å². The first kappa shape index (κ1) is 20.7. The Balaban J connectivity index is 1.53. The molecule has 0 radical (unpaired) electrons. The summed E-state index contributed by atoms with van der Waals surface area (Å²) in [7, 11) is 0. The van der Waals surface area contributed by atoms with Crippen molar-refractivity contribution in [3.8, 4) is 23.8 Å². The van der Waals surface area contributed by atoms with Gasteiger partial charge < -0.3 is 15.4 Å². The number of nitrogens with one attached hydrogen (secondary N) is 2. The predicted octanol–water partition coefficient (Wildman–Crippen LogP) is 4.29. The minimum atomic E-state index is -0.541. The molecule has 1 amide bonds. The first-order valence-electron chi connectivity index (χ1n) is 10.4. The van der Waals surface area contributed by atoms with Crippen molar-refractivity contribution in [2.45, 2.75) is 38.6 Å². The highest BCUT2D eigenvalue weighted by Gasteiger charge is 2.69. The van der Waals surface area contributed by atoms with Gasteiger partial charge in [0.25, 0.3) is 5.91 Å². The van der Waals surface area contributed by atoms with E-state index < -0.39 is 5.91 Å². The largest absolute Gasteiger partial charge is 0.438 e. The molecule has 0 unspecified atom stereocenters. The molecule has 3 aliphatic carbocycles. The van der Waals surface area contributed by atoms with Crippen LogP contribution in [0.4, 0.5) is 10.3 Å². The maximum absolute atomic E-state index is 13.6. The minimum Gasteiger partial charge on any atom is -0.438 e. The molecule has 2 N–H and O–H groups in total. The predicted molar refractivity (Wildman–Crippen MR) is 117 cm³/mol. The molecule has 33 heavy (non-hydrogen) atoms. The number of nitriles is 2. The first-order chi connectivity index (χ1) is 15.8. The number of amides is 1. The summed E-state index contributed by atoms with van der Waals surface area (Å²) >= 11 is 0. The molecule has 2 aromatic rings. The summed E-state index contributed by atoms with van der Waals surface area (Å²) in [6.07, 6.45) is 5.47. The molecule has 0 atom stereocenters. The maximum atomic E-state index is 13.6. The van der Waals surface area contributed by atoms with Crippen molar-refractivity contribution in [2.24, 2.45) is 5.41 Å². The van der Waals surface area contributed by atoms with Gasteiger partial charge in [0.1, 0.15) is 17.8 Å². The van der Waals surface area contributed by atoms with Crippen LogP contribution in [0.3, 0.4) is 0 Å². The quantitative estimate of drug-likeness (QED) is 0.662. The third kappa shape index (κ3) is 3.21. The number of fused-ring (bicyclic) bond motifs is 1. The molecule has 164 valence electrons. The molecular formula is C24H19FN6O2. The molecule has 1 aliphatic heterocycles. The number of benzene rings is 1. The van der Waals surface area contributed by atoms with Crippen LogP contribution in [-0.4, -0.2) is 21.4 Å². The Morgan fingerprint density at radius 1 is 1.21 bits per heavy atom. The lowest BCUT2D eigenvalue weighted by Crippen LogP contribution is -2.70. The number of rotatable bonds is 5. The van der Waals surface area contributed by atoms with E-state index in [0.29, 0.717) is 31.3 Å². The lowest BCUT2D eigenvalue weighted by molar-refractivity contribution is -0.0665. The normalized spacial score (nSPS) is 25.5. The number of ether oxygens (including phenoxy) is 1. The van der Waals surface area contributed by atoms with E-state index in [1.165, 1.54) is 6.08 Å². The Hall–Kier alpha value is -4.24. The zero-order valence-electron chi connectivity index (χ0n) is 18.0. The second-order valence-corrected chi connectivity index (χ2v) is 8.93. The SMILES string of the molecule is Cc1cc(/C=C/C#N)cc(C)c1Oc1nc(NC23CC(C#N)(C2)C3)nc2c1/C(=C/F)NC2=O. The first-order valence-corrected chi connectivity index (χ1v) is 10.4. The molecule has 1 aromatic heterocycles. The average molecular weight is 442 g/mol. The number of nitrogens with zero attached hydrogens (tertiary/aromatic N) is 4. The molecule has 0 spiro atoms.